The summed E-state index contributed by atoms with van der Waals surface area (Å²) in [5.41, 5.74) is 1.56. The zero-order chi connectivity index (χ0) is 12.4. The quantitative estimate of drug-likeness (QED) is 0.776. The van der Waals surface area contributed by atoms with Crippen LogP contribution in [0.3, 0.4) is 0 Å². The summed E-state index contributed by atoms with van der Waals surface area (Å²) in [6.45, 7) is 1.88. The summed E-state index contributed by atoms with van der Waals surface area (Å²) < 4.78 is 4.70. The lowest BCUT2D eigenvalue weighted by Gasteiger charge is -2.34. The number of anilines is 2. The second-order valence-corrected chi connectivity index (χ2v) is 3.89. The summed E-state index contributed by atoms with van der Waals surface area (Å²) in [5, 5.41) is 2.77. The van der Waals surface area contributed by atoms with Gasteiger partial charge >= 0.3 is 5.97 Å². The van der Waals surface area contributed by atoms with E-state index >= 15 is 0 Å². The number of ether oxygens (including phenoxy) is 1. The van der Waals surface area contributed by atoms with Gasteiger partial charge in [0.1, 0.15) is 6.04 Å². The Morgan fingerprint density at radius 1 is 1.47 bits per heavy atom. The smallest absolute Gasteiger partial charge is 0.328 e. The normalized spacial score (nSPS) is 15.9. The predicted molar refractivity (Wildman–Crippen MR) is 63.9 cm³/mol. The minimum atomic E-state index is -0.479. The number of hydrogen-bond acceptors (Lipinski definition) is 4. The summed E-state index contributed by atoms with van der Waals surface area (Å²) in [6.07, 6.45) is 0. The van der Waals surface area contributed by atoms with Crippen LogP contribution in [0.2, 0.25) is 0 Å². The lowest BCUT2D eigenvalue weighted by Crippen LogP contribution is -2.47. The Balaban J connectivity index is 2.35. The highest BCUT2D eigenvalue weighted by atomic mass is 16.5. The topological polar surface area (TPSA) is 58.6 Å². The van der Waals surface area contributed by atoms with Gasteiger partial charge in [-0.25, -0.2) is 4.79 Å². The summed E-state index contributed by atoms with van der Waals surface area (Å²) in [5.74, 6) is -0.478. The lowest BCUT2D eigenvalue weighted by molar-refractivity contribution is -0.141. The van der Waals surface area contributed by atoms with E-state index in [9.17, 15) is 9.59 Å². The molecule has 0 aliphatic carbocycles. The second-order valence-electron chi connectivity index (χ2n) is 3.89. The number of fused-ring (bicyclic) bond motifs is 1. The Labute approximate surface area is 99.4 Å². The van der Waals surface area contributed by atoms with E-state index in [2.05, 4.69) is 5.32 Å². The first kappa shape index (κ1) is 11.4. The van der Waals surface area contributed by atoms with Gasteiger partial charge in [0.05, 0.1) is 25.0 Å². The van der Waals surface area contributed by atoms with Crippen LogP contribution < -0.4 is 10.2 Å². The molecule has 90 valence electrons. The van der Waals surface area contributed by atoms with Crippen LogP contribution in [0.5, 0.6) is 0 Å². The molecule has 17 heavy (non-hydrogen) atoms. The van der Waals surface area contributed by atoms with Crippen molar-refractivity contribution in [1.29, 1.82) is 0 Å². The number of nitrogens with one attached hydrogen (secondary N) is 1. The fourth-order valence-corrected chi connectivity index (χ4v) is 1.90. The molecular formula is C12H14N2O3. The first-order valence-corrected chi connectivity index (χ1v) is 5.37. The van der Waals surface area contributed by atoms with Gasteiger partial charge in [-0.15, -0.1) is 0 Å². The standard InChI is InChI=1S/C12H14N2O3/c1-8(12(16)17-2)14-7-11(15)13-9-5-3-4-6-10(9)14/h3-6,8H,7H2,1-2H3,(H,13,15). The molecule has 1 aliphatic heterocycles. The van der Waals surface area contributed by atoms with Gasteiger partial charge in [-0.05, 0) is 19.1 Å². The summed E-state index contributed by atoms with van der Waals surface area (Å²) in [6, 6.07) is 6.91. The maximum atomic E-state index is 11.5. The number of benzene rings is 1. The number of rotatable bonds is 2. The van der Waals surface area contributed by atoms with Crippen molar-refractivity contribution in [3.05, 3.63) is 24.3 Å². The molecule has 1 aliphatic rings. The molecular weight excluding hydrogens is 220 g/mol. The molecule has 1 aromatic carbocycles. The Kier molecular flexibility index (Phi) is 2.99. The van der Waals surface area contributed by atoms with Gasteiger partial charge in [0, 0.05) is 0 Å². The van der Waals surface area contributed by atoms with Gasteiger partial charge in [-0.1, -0.05) is 12.1 Å². The molecule has 0 saturated heterocycles. The van der Waals surface area contributed by atoms with Gasteiger partial charge in [-0.3, -0.25) is 4.79 Å². The van der Waals surface area contributed by atoms with Crippen LogP contribution in [-0.4, -0.2) is 31.6 Å². The van der Waals surface area contributed by atoms with Crippen LogP contribution in [-0.2, 0) is 14.3 Å². The monoisotopic (exact) mass is 234 g/mol. The van der Waals surface area contributed by atoms with Crippen LogP contribution in [0.25, 0.3) is 0 Å². The molecule has 0 aromatic heterocycles. The number of nitrogens with zero attached hydrogens (tertiary/aromatic N) is 1. The Morgan fingerprint density at radius 3 is 2.88 bits per heavy atom. The van der Waals surface area contributed by atoms with Crippen molar-refractivity contribution in [3.63, 3.8) is 0 Å². The van der Waals surface area contributed by atoms with Gasteiger partial charge < -0.3 is 15.0 Å². The van der Waals surface area contributed by atoms with Gasteiger partial charge in [0.15, 0.2) is 0 Å². The minimum absolute atomic E-state index is 0.126. The fourth-order valence-electron chi connectivity index (χ4n) is 1.90. The maximum Gasteiger partial charge on any atom is 0.328 e. The van der Waals surface area contributed by atoms with Crippen molar-refractivity contribution in [3.8, 4) is 0 Å². The molecule has 1 heterocycles. The van der Waals surface area contributed by atoms with E-state index in [1.807, 2.05) is 24.3 Å². The van der Waals surface area contributed by atoms with Crippen LogP contribution in [0.1, 0.15) is 6.92 Å². The maximum absolute atomic E-state index is 11.5. The number of methoxy groups -OCH3 is 1. The summed E-state index contributed by atoms with van der Waals surface area (Å²) in [4.78, 5) is 24.8. The number of hydrogen-bond donors (Lipinski definition) is 1. The highest BCUT2D eigenvalue weighted by Gasteiger charge is 2.29. The molecule has 1 atom stereocenters. The number of carbonyl (C=O) groups is 2. The molecule has 2 rings (SSSR count). The summed E-state index contributed by atoms with van der Waals surface area (Å²) >= 11 is 0. The Morgan fingerprint density at radius 2 is 2.18 bits per heavy atom. The van der Waals surface area contributed by atoms with Crippen LogP contribution in [0.4, 0.5) is 11.4 Å². The molecule has 0 spiro atoms. The first-order chi connectivity index (χ1) is 8.13. The van der Waals surface area contributed by atoms with Crippen molar-refractivity contribution in [1.82, 2.24) is 0 Å². The molecule has 1 amide bonds. The molecule has 1 aromatic rings. The Hall–Kier alpha value is -2.04. The van der Waals surface area contributed by atoms with Crippen LogP contribution in [0.15, 0.2) is 24.3 Å². The lowest BCUT2D eigenvalue weighted by atomic mass is 10.1. The first-order valence-electron chi connectivity index (χ1n) is 5.37. The molecule has 0 radical (unpaired) electrons. The number of para-hydroxylation sites is 2. The third-order valence-corrected chi connectivity index (χ3v) is 2.81. The molecule has 1 unspecified atom stereocenters. The third kappa shape index (κ3) is 2.08. The largest absolute Gasteiger partial charge is 0.467 e. The van der Waals surface area contributed by atoms with E-state index < -0.39 is 6.04 Å². The van der Waals surface area contributed by atoms with Gasteiger partial charge in [0.25, 0.3) is 0 Å². The number of carbonyl (C=O) groups excluding carboxylic acids is 2. The number of amides is 1. The van der Waals surface area contributed by atoms with Gasteiger partial charge in [0.2, 0.25) is 5.91 Å². The molecule has 5 heteroatoms. The van der Waals surface area contributed by atoms with Crippen LogP contribution in [0, 0.1) is 0 Å². The molecule has 1 N–H and O–H groups in total. The van der Waals surface area contributed by atoms with Crippen LogP contribution >= 0.6 is 0 Å². The molecule has 0 bridgehead atoms. The van der Waals surface area contributed by atoms with Crippen molar-refractivity contribution >= 4 is 23.3 Å². The van der Waals surface area contributed by atoms with Crippen molar-refractivity contribution < 1.29 is 14.3 Å². The SMILES string of the molecule is COC(=O)C(C)N1CC(=O)Nc2ccccc21. The zero-order valence-corrected chi connectivity index (χ0v) is 9.77. The fraction of sp³-hybridized carbons (Fsp3) is 0.333. The van der Waals surface area contributed by atoms with E-state index in [1.165, 1.54) is 7.11 Å². The van der Waals surface area contributed by atoms with E-state index in [4.69, 9.17) is 4.74 Å². The number of esters is 1. The second kappa shape index (κ2) is 4.45. The summed E-state index contributed by atoms with van der Waals surface area (Å²) in [7, 11) is 1.34. The van der Waals surface area contributed by atoms with E-state index in [0.29, 0.717) is 0 Å². The highest BCUT2D eigenvalue weighted by molar-refractivity contribution is 6.02. The van der Waals surface area contributed by atoms with E-state index in [1.54, 1.807) is 11.8 Å². The average molecular weight is 234 g/mol. The van der Waals surface area contributed by atoms with E-state index in [0.717, 1.165) is 11.4 Å². The van der Waals surface area contributed by atoms with Crippen molar-refractivity contribution in [2.24, 2.45) is 0 Å². The van der Waals surface area contributed by atoms with Crippen molar-refractivity contribution in [2.45, 2.75) is 13.0 Å². The molecule has 0 fully saturated rings. The minimum Gasteiger partial charge on any atom is -0.467 e. The predicted octanol–water partition coefficient (Wildman–Crippen LogP) is 1.01. The molecule has 5 nitrogen and oxygen atoms in total. The Bertz CT molecular complexity index is 459. The highest BCUT2D eigenvalue weighted by Crippen LogP contribution is 2.30. The third-order valence-electron chi connectivity index (χ3n) is 2.81. The zero-order valence-electron chi connectivity index (χ0n) is 9.77. The van der Waals surface area contributed by atoms with Gasteiger partial charge in [-0.2, -0.15) is 0 Å². The van der Waals surface area contributed by atoms with E-state index in [-0.39, 0.29) is 18.4 Å². The average Bonchev–Trinajstić information content (AvgIpc) is 2.35. The molecule has 0 saturated carbocycles. The van der Waals surface area contributed by atoms with Crippen molar-refractivity contribution in [2.75, 3.05) is 23.9 Å².